The van der Waals surface area contributed by atoms with Gasteiger partial charge in [-0.25, -0.2) is 4.98 Å². The summed E-state index contributed by atoms with van der Waals surface area (Å²) in [4.78, 5) is 33.3. The van der Waals surface area contributed by atoms with E-state index < -0.39 is 5.91 Å². The fraction of sp³-hybridized carbons (Fsp3) is 0.316. The number of rotatable bonds is 5. The Hall–Kier alpha value is -3.29. The summed E-state index contributed by atoms with van der Waals surface area (Å²) in [5.41, 5.74) is 6.75. The van der Waals surface area contributed by atoms with E-state index in [9.17, 15) is 9.59 Å². The largest absolute Gasteiger partial charge is 0.454 e. The molecule has 8 heteroatoms. The number of furan rings is 1. The van der Waals surface area contributed by atoms with Crippen molar-refractivity contribution in [3.63, 3.8) is 0 Å². The maximum absolute atomic E-state index is 12.9. The fourth-order valence-electron chi connectivity index (χ4n) is 3.63. The summed E-state index contributed by atoms with van der Waals surface area (Å²) in [5.74, 6) is 0.492. The Labute approximate surface area is 156 Å². The summed E-state index contributed by atoms with van der Waals surface area (Å²) in [6.07, 6.45) is 8.71. The molecule has 3 aromatic heterocycles. The van der Waals surface area contributed by atoms with Gasteiger partial charge in [-0.3, -0.25) is 9.59 Å². The lowest BCUT2D eigenvalue weighted by Gasteiger charge is -2.32. The number of likely N-dealkylation sites (tertiary alicyclic amines) is 1. The van der Waals surface area contributed by atoms with Crippen LogP contribution in [0.1, 0.15) is 51.1 Å². The number of aromatic amines is 1. The number of aromatic nitrogens is 3. The molecule has 1 saturated heterocycles. The predicted molar refractivity (Wildman–Crippen MR) is 97.2 cm³/mol. The lowest BCUT2D eigenvalue weighted by molar-refractivity contribution is 0.0671. The Morgan fingerprint density at radius 2 is 2.22 bits per heavy atom. The Balaban J connectivity index is 1.46. The van der Waals surface area contributed by atoms with E-state index in [0.29, 0.717) is 36.7 Å². The highest BCUT2D eigenvalue weighted by Crippen LogP contribution is 2.29. The molecule has 3 N–H and O–H groups in total. The Morgan fingerprint density at radius 1 is 1.33 bits per heavy atom. The first-order valence-corrected chi connectivity index (χ1v) is 8.92. The van der Waals surface area contributed by atoms with E-state index in [1.807, 2.05) is 16.8 Å². The molecular weight excluding hydrogens is 346 g/mol. The van der Waals surface area contributed by atoms with Gasteiger partial charge < -0.3 is 24.6 Å². The van der Waals surface area contributed by atoms with Gasteiger partial charge in [0, 0.05) is 43.3 Å². The summed E-state index contributed by atoms with van der Waals surface area (Å²) in [5, 5.41) is 0. The Morgan fingerprint density at radius 3 is 3.00 bits per heavy atom. The van der Waals surface area contributed by atoms with Crippen molar-refractivity contribution in [2.24, 2.45) is 5.73 Å². The number of hydrogen-bond donors (Lipinski definition) is 2. The van der Waals surface area contributed by atoms with Gasteiger partial charge in [0.1, 0.15) is 5.76 Å². The molecule has 0 aromatic carbocycles. The summed E-state index contributed by atoms with van der Waals surface area (Å²) >= 11 is 0. The van der Waals surface area contributed by atoms with E-state index in [-0.39, 0.29) is 11.8 Å². The van der Waals surface area contributed by atoms with Gasteiger partial charge in [0.2, 0.25) is 0 Å². The molecule has 0 spiro atoms. The molecule has 1 atom stereocenters. The van der Waals surface area contributed by atoms with Crippen LogP contribution in [0, 0.1) is 0 Å². The van der Waals surface area contributed by atoms with Gasteiger partial charge in [-0.2, -0.15) is 0 Å². The first-order valence-electron chi connectivity index (χ1n) is 8.92. The smallest absolute Gasteiger partial charge is 0.289 e. The lowest BCUT2D eigenvalue weighted by Crippen LogP contribution is -2.39. The third-order valence-corrected chi connectivity index (χ3v) is 4.93. The molecule has 2 amide bonds. The first kappa shape index (κ1) is 17.1. The highest BCUT2D eigenvalue weighted by Gasteiger charge is 2.29. The lowest BCUT2D eigenvalue weighted by atomic mass is 9.92. The number of H-pyrrole nitrogens is 1. The minimum atomic E-state index is -0.454. The number of carbonyl (C=O) groups is 2. The third kappa shape index (κ3) is 3.51. The Bertz CT molecular complexity index is 940. The number of amides is 2. The predicted octanol–water partition coefficient (Wildman–Crippen LogP) is 1.97. The van der Waals surface area contributed by atoms with E-state index in [1.54, 1.807) is 35.8 Å². The zero-order valence-corrected chi connectivity index (χ0v) is 14.8. The second-order valence-corrected chi connectivity index (χ2v) is 6.76. The first-order chi connectivity index (χ1) is 13.1. The summed E-state index contributed by atoms with van der Waals surface area (Å²) in [6, 6.07) is 5.21. The highest BCUT2D eigenvalue weighted by atomic mass is 16.4. The topological polar surface area (TPSA) is 110 Å². The average molecular weight is 367 g/mol. The molecule has 0 radical (unpaired) electrons. The van der Waals surface area contributed by atoms with Crippen molar-refractivity contribution >= 4 is 11.8 Å². The third-order valence-electron chi connectivity index (χ3n) is 4.93. The van der Waals surface area contributed by atoms with E-state index in [2.05, 4.69) is 9.97 Å². The fourth-order valence-corrected chi connectivity index (χ4v) is 3.63. The molecule has 0 saturated carbocycles. The van der Waals surface area contributed by atoms with Gasteiger partial charge in [0.15, 0.2) is 5.76 Å². The number of primary amides is 1. The number of hydrogen-bond acceptors (Lipinski definition) is 4. The van der Waals surface area contributed by atoms with Crippen LogP contribution in [0.2, 0.25) is 0 Å². The summed E-state index contributed by atoms with van der Waals surface area (Å²) in [7, 11) is 0. The maximum Gasteiger partial charge on any atom is 0.289 e. The van der Waals surface area contributed by atoms with Crippen LogP contribution < -0.4 is 5.73 Å². The van der Waals surface area contributed by atoms with Crippen molar-refractivity contribution in [3.8, 4) is 0 Å². The molecule has 0 aliphatic carbocycles. The molecule has 3 aromatic rings. The van der Waals surface area contributed by atoms with Crippen molar-refractivity contribution in [1.82, 2.24) is 19.4 Å². The molecule has 8 nitrogen and oxygen atoms in total. The van der Waals surface area contributed by atoms with Crippen LogP contribution in [0.15, 0.2) is 47.5 Å². The monoisotopic (exact) mass is 367 g/mol. The molecule has 0 bridgehead atoms. The number of nitrogens with zero attached hydrogens (tertiary/aromatic N) is 3. The zero-order chi connectivity index (χ0) is 18.8. The van der Waals surface area contributed by atoms with E-state index in [4.69, 9.17) is 10.2 Å². The molecule has 1 aliphatic heterocycles. The van der Waals surface area contributed by atoms with Crippen LogP contribution >= 0.6 is 0 Å². The maximum atomic E-state index is 12.9. The number of nitrogens with one attached hydrogen (secondary N) is 1. The zero-order valence-electron chi connectivity index (χ0n) is 14.8. The van der Waals surface area contributed by atoms with Gasteiger partial charge in [-0.1, -0.05) is 0 Å². The molecule has 1 aliphatic rings. The van der Waals surface area contributed by atoms with Crippen LogP contribution in [-0.4, -0.2) is 44.3 Å². The molecular formula is C19H21N5O3. The van der Waals surface area contributed by atoms with Gasteiger partial charge in [-0.05, 0) is 31.0 Å². The molecule has 27 heavy (non-hydrogen) atoms. The van der Waals surface area contributed by atoms with Crippen molar-refractivity contribution < 1.29 is 14.0 Å². The molecule has 1 unspecified atom stereocenters. The minimum Gasteiger partial charge on any atom is -0.454 e. The molecule has 140 valence electrons. The van der Waals surface area contributed by atoms with Crippen LogP contribution in [0.5, 0.6) is 0 Å². The second kappa shape index (κ2) is 7.14. The average Bonchev–Trinajstić information content (AvgIpc) is 3.43. The van der Waals surface area contributed by atoms with E-state index >= 15 is 0 Å². The van der Waals surface area contributed by atoms with Crippen LogP contribution in [-0.2, 0) is 6.54 Å². The van der Waals surface area contributed by atoms with Crippen molar-refractivity contribution in [3.05, 3.63) is 65.9 Å². The van der Waals surface area contributed by atoms with Crippen LogP contribution in [0.25, 0.3) is 0 Å². The second-order valence-electron chi connectivity index (χ2n) is 6.76. The quantitative estimate of drug-likeness (QED) is 0.718. The molecule has 1 fully saturated rings. The highest BCUT2D eigenvalue weighted by molar-refractivity contribution is 5.94. The van der Waals surface area contributed by atoms with Crippen LogP contribution in [0.3, 0.4) is 0 Å². The van der Waals surface area contributed by atoms with Crippen molar-refractivity contribution in [1.29, 1.82) is 0 Å². The van der Waals surface area contributed by atoms with E-state index in [1.165, 1.54) is 0 Å². The number of piperidine rings is 1. The summed E-state index contributed by atoms with van der Waals surface area (Å²) in [6.45, 7) is 1.72. The van der Waals surface area contributed by atoms with Crippen molar-refractivity contribution in [2.45, 2.75) is 25.3 Å². The minimum absolute atomic E-state index is 0.0561. The number of nitrogens with two attached hydrogens (primary N) is 1. The van der Waals surface area contributed by atoms with Gasteiger partial charge in [-0.15, -0.1) is 0 Å². The Kier molecular flexibility index (Phi) is 4.53. The SMILES string of the molecule is NC(=O)c1cc[nH]c1C1CCCN(C(=O)c2ccc(Cn3ccnc3)o2)C1. The number of carbonyl (C=O) groups excluding carboxylic acids is 2. The standard InChI is InChI=1S/C19H21N5O3/c20-18(25)15-5-6-22-17(15)13-2-1-8-24(10-13)19(26)16-4-3-14(27-16)11-23-9-7-21-12-23/h3-7,9,12-13,22H,1-2,8,10-11H2,(H2,20,25). The summed E-state index contributed by atoms with van der Waals surface area (Å²) < 4.78 is 7.61. The van der Waals surface area contributed by atoms with Crippen molar-refractivity contribution in [2.75, 3.05) is 13.1 Å². The van der Waals surface area contributed by atoms with E-state index in [0.717, 1.165) is 18.5 Å². The normalized spacial score (nSPS) is 17.2. The van der Waals surface area contributed by atoms with Gasteiger partial charge >= 0.3 is 0 Å². The molecule has 4 heterocycles. The van der Waals surface area contributed by atoms with Crippen LogP contribution in [0.4, 0.5) is 0 Å². The number of imidazole rings is 1. The van der Waals surface area contributed by atoms with Gasteiger partial charge in [0.05, 0.1) is 18.4 Å². The molecule has 4 rings (SSSR count). The van der Waals surface area contributed by atoms with Gasteiger partial charge in [0.25, 0.3) is 11.8 Å².